The highest BCUT2D eigenvalue weighted by Crippen LogP contribution is 2.40. The molecule has 0 aromatic heterocycles. The van der Waals surface area contributed by atoms with Crippen LogP contribution < -0.4 is 0 Å². The van der Waals surface area contributed by atoms with Gasteiger partial charge in [0, 0.05) is 12.5 Å². The van der Waals surface area contributed by atoms with Gasteiger partial charge in [-0.15, -0.1) is 0 Å². The van der Waals surface area contributed by atoms with Crippen molar-refractivity contribution in [3.05, 3.63) is 35.4 Å². The number of rotatable bonds is 4. The summed E-state index contributed by atoms with van der Waals surface area (Å²) in [5.74, 6) is 0.207. The van der Waals surface area contributed by atoms with E-state index in [0.717, 1.165) is 30.5 Å². The van der Waals surface area contributed by atoms with Gasteiger partial charge in [0.25, 0.3) is 0 Å². The fourth-order valence-electron chi connectivity index (χ4n) is 3.21. The van der Waals surface area contributed by atoms with Gasteiger partial charge in [-0.1, -0.05) is 32.9 Å². The second-order valence-corrected chi connectivity index (χ2v) is 13.8. The van der Waals surface area contributed by atoms with Crippen molar-refractivity contribution in [2.45, 2.75) is 76.4 Å². The van der Waals surface area contributed by atoms with Crippen LogP contribution in [0, 0.1) is 5.92 Å². The lowest BCUT2D eigenvalue weighted by atomic mass is 9.76. The molecular formula is C20H31F3O2Si. The third-order valence-electron chi connectivity index (χ3n) is 6.12. The zero-order valence-corrected chi connectivity index (χ0v) is 17.4. The second-order valence-electron chi connectivity index (χ2n) is 9.03. The van der Waals surface area contributed by atoms with Crippen LogP contribution in [0.5, 0.6) is 0 Å². The van der Waals surface area contributed by atoms with E-state index in [1.165, 1.54) is 0 Å². The summed E-state index contributed by atoms with van der Waals surface area (Å²) in [6, 6.07) is 5.47. The van der Waals surface area contributed by atoms with Gasteiger partial charge in [0.05, 0.1) is 11.7 Å². The SMILES string of the molecule is CC(C)(C)[Si](C)(C)OCC1CC(c2ccc(C(F)(F)F)cc2)CCC1O. The highest BCUT2D eigenvalue weighted by molar-refractivity contribution is 6.74. The molecule has 3 atom stereocenters. The molecule has 1 aromatic rings. The Labute approximate surface area is 155 Å². The first-order valence-corrected chi connectivity index (χ1v) is 12.2. The summed E-state index contributed by atoms with van der Waals surface area (Å²) in [4.78, 5) is 0. The molecule has 0 aliphatic heterocycles. The Kier molecular flexibility index (Phi) is 6.30. The van der Waals surface area contributed by atoms with Crippen molar-refractivity contribution in [3.63, 3.8) is 0 Å². The Hall–Kier alpha value is -0.853. The first-order valence-electron chi connectivity index (χ1n) is 9.30. The maximum atomic E-state index is 12.7. The van der Waals surface area contributed by atoms with Gasteiger partial charge in [-0.05, 0) is 61.0 Å². The molecule has 1 saturated carbocycles. The molecule has 2 rings (SSSR count). The molecule has 0 spiro atoms. The lowest BCUT2D eigenvalue weighted by Gasteiger charge is -2.40. The van der Waals surface area contributed by atoms with Gasteiger partial charge in [-0.3, -0.25) is 0 Å². The zero-order chi connectivity index (χ0) is 19.8. The molecule has 0 heterocycles. The number of hydrogen-bond donors (Lipinski definition) is 1. The Bertz CT molecular complexity index is 591. The molecule has 1 aromatic carbocycles. The molecule has 2 nitrogen and oxygen atoms in total. The number of halogens is 3. The quantitative estimate of drug-likeness (QED) is 0.644. The fourth-order valence-corrected chi connectivity index (χ4v) is 4.27. The van der Waals surface area contributed by atoms with Crippen LogP contribution >= 0.6 is 0 Å². The average molecular weight is 389 g/mol. The van der Waals surface area contributed by atoms with Crippen LogP contribution in [-0.4, -0.2) is 26.1 Å². The predicted octanol–water partition coefficient (Wildman–Crippen LogP) is 5.97. The molecule has 3 unspecified atom stereocenters. The van der Waals surface area contributed by atoms with Crippen molar-refractivity contribution >= 4 is 8.32 Å². The van der Waals surface area contributed by atoms with Gasteiger partial charge in [0.15, 0.2) is 8.32 Å². The topological polar surface area (TPSA) is 29.5 Å². The monoisotopic (exact) mass is 388 g/mol. The molecule has 1 aliphatic rings. The molecule has 26 heavy (non-hydrogen) atoms. The second kappa shape index (κ2) is 7.64. The Morgan fingerprint density at radius 1 is 1.08 bits per heavy atom. The lowest BCUT2D eigenvalue weighted by molar-refractivity contribution is -0.137. The number of aliphatic hydroxyl groups excluding tert-OH is 1. The molecule has 6 heteroatoms. The molecule has 1 N–H and O–H groups in total. The van der Waals surface area contributed by atoms with Crippen LogP contribution in [0.3, 0.4) is 0 Å². The summed E-state index contributed by atoms with van der Waals surface area (Å²) in [5, 5.41) is 10.5. The minimum Gasteiger partial charge on any atom is -0.416 e. The smallest absolute Gasteiger partial charge is 0.416 e. The van der Waals surface area contributed by atoms with E-state index >= 15 is 0 Å². The highest BCUT2D eigenvalue weighted by atomic mass is 28.4. The zero-order valence-electron chi connectivity index (χ0n) is 16.4. The first-order chi connectivity index (χ1) is 11.8. The molecule has 0 bridgehead atoms. The Balaban J connectivity index is 2.03. The van der Waals surface area contributed by atoms with Crippen LogP contribution in [0.25, 0.3) is 0 Å². The van der Waals surface area contributed by atoms with E-state index in [9.17, 15) is 18.3 Å². The van der Waals surface area contributed by atoms with Crippen molar-refractivity contribution < 1.29 is 22.7 Å². The maximum Gasteiger partial charge on any atom is 0.416 e. The third-order valence-corrected chi connectivity index (χ3v) is 10.6. The number of aliphatic hydroxyl groups is 1. The van der Waals surface area contributed by atoms with E-state index in [1.54, 1.807) is 12.1 Å². The first kappa shape index (κ1) is 21.4. The number of alkyl halides is 3. The lowest BCUT2D eigenvalue weighted by Crippen LogP contribution is -2.43. The highest BCUT2D eigenvalue weighted by Gasteiger charge is 2.39. The fraction of sp³-hybridized carbons (Fsp3) is 0.700. The van der Waals surface area contributed by atoms with E-state index in [4.69, 9.17) is 4.43 Å². The van der Waals surface area contributed by atoms with Crippen LogP contribution in [0.2, 0.25) is 18.1 Å². The maximum absolute atomic E-state index is 12.7. The minimum atomic E-state index is -4.30. The van der Waals surface area contributed by atoms with Crippen molar-refractivity contribution in [2.75, 3.05) is 6.61 Å². The van der Waals surface area contributed by atoms with Gasteiger partial charge in [-0.2, -0.15) is 13.2 Å². The number of hydrogen-bond acceptors (Lipinski definition) is 2. The summed E-state index contributed by atoms with van der Waals surface area (Å²) in [6.07, 6.45) is -2.49. The Morgan fingerprint density at radius 3 is 2.15 bits per heavy atom. The van der Waals surface area contributed by atoms with Crippen LogP contribution in [0.1, 0.15) is 57.1 Å². The average Bonchev–Trinajstić information content (AvgIpc) is 2.52. The van der Waals surface area contributed by atoms with Gasteiger partial charge in [-0.25, -0.2) is 0 Å². The standard InChI is InChI=1S/C20H31F3O2Si/c1-19(2,3)26(4,5)25-13-16-12-15(8-11-18(16)24)14-6-9-17(10-7-14)20(21,22)23/h6-7,9-10,15-16,18,24H,8,11-13H2,1-5H3. The summed E-state index contributed by atoms with van der Waals surface area (Å²) in [5.41, 5.74) is 0.303. The molecular weight excluding hydrogens is 357 g/mol. The van der Waals surface area contributed by atoms with E-state index in [1.807, 2.05) is 0 Å². The molecule has 1 aliphatic carbocycles. The third kappa shape index (κ3) is 5.11. The van der Waals surface area contributed by atoms with E-state index in [-0.39, 0.29) is 16.9 Å². The van der Waals surface area contributed by atoms with Crippen LogP contribution in [0.15, 0.2) is 24.3 Å². The molecule has 1 fully saturated rings. The minimum absolute atomic E-state index is 0.0326. The van der Waals surface area contributed by atoms with Gasteiger partial charge in [0.2, 0.25) is 0 Å². The van der Waals surface area contributed by atoms with Gasteiger partial charge in [0.1, 0.15) is 0 Å². The van der Waals surface area contributed by atoms with E-state index < -0.39 is 26.2 Å². The summed E-state index contributed by atoms with van der Waals surface area (Å²) in [7, 11) is -1.88. The number of benzene rings is 1. The molecule has 0 saturated heterocycles. The summed E-state index contributed by atoms with van der Waals surface area (Å²) in [6.45, 7) is 11.4. The largest absolute Gasteiger partial charge is 0.416 e. The molecule has 0 amide bonds. The summed E-state index contributed by atoms with van der Waals surface area (Å²) >= 11 is 0. The van der Waals surface area contributed by atoms with Crippen molar-refractivity contribution in [1.82, 2.24) is 0 Å². The van der Waals surface area contributed by atoms with Crippen molar-refractivity contribution in [2.24, 2.45) is 5.92 Å². The van der Waals surface area contributed by atoms with Crippen LogP contribution in [-0.2, 0) is 10.6 Å². The van der Waals surface area contributed by atoms with E-state index in [2.05, 4.69) is 33.9 Å². The van der Waals surface area contributed by atoms with Crippen molar-refractivity contribution in [1.29, 1.82) is 0 Å². The Morgan fingerprint density at radius 2 is 1.65 bits per heavy atom. The van der Waals surface area contributed by atoms with Crippen molar-refractivity contribution in [3.8, 4) is 0 Å². The van der Waals surface area contributed by atoms with Gasteiger partial charge >= 0.3 is 6.18 Å². The molecule has 0 radical (unpaired) electrons. The van der Waals surface area contributed by atoms with Crippen LogP contribution in [0.4, 0.5) is 13.2 Å². The van der Waals surface area contributed by atoms with E-state index in [0.29, 0.717) is 13.0 Å². The predicted molar refractivity (Wildman–Crippen MR) is 101 cm³/mol. The summed E-state index contributed by atoms with van der Waals surface area (Å²) < 4.78 is 44.5. The van der Waals surface area contributed by atoms with Gasteiger partial charge < -0.3 is 9.53 Å². The molecule has 148 valence electrons. The normalized spacial score (nSPS) is 25.3.